The second-order valence-electron chi connectivity index (χ2n) is 7.59. The fourth-order valence-corrected chi connectivity index (χ4v) is 4.25. The van der Waals surface area contributed by atoms with E-state index in [0.29, 0.717) is 5.69 Å². The highest BCUT2D eigenvalue weighted by Crippen LogP contribution is 2.36. The van der Waals surface area contributed by atoms with E-state index in [9.17, 15) is 0 Å². The Labute approximate surface area is 178 Å². The Morgan fingerprint density at radius 2 is 1.39 bits per heavy atom. The maximum atomic E-state index is 9.08. The van der Waals surface area contributed by atoms with Gasteiger partial charge in [0.25, 0.3) is 0 Å². The van der Waals surface area contributed by atoms with Crippen LogP contribution in [0.5, 0.6) is 0 Å². The number of nitriles is 1. The Bertz CT molecular complexity index is 1640. The molecule has 0 spiro atoms. The average Bonchev–Trinajstić information content (AvgIpc) is 3.22. The molecule has 0 radical (unpaired) electrons. The van der Waals surface area contributed by atoms with Crippen molar-refractivity contribution in [2.75, 3.05) is 0 Å². The SMILES string of the molecule is N#Cc1cc(-c2ccc(-c3ccc4c(c3)oc3ccc5ccccc5c34)cc2)ccn1. The lowest BCUT2D eigenvalue weighted by Crippen LogP contribution is -1.84. The fraction of sp³-hybridized carbons (Fsp3) is 0. The Balaban J connectivity index is 1.44. The predicted octanol–water partition coefficient (Wildman–Crippen LogP) is 7.34. The summed E-state index contributed by atoms with van der Waals surface area (Å²) < 4.78 is 6.20. The van der Waals surface area contributed by atoms with Crippen molar-refractivity contribution >= 4 is 32.7 Å². The number of nitrogens with zero attached hydrogens (tertiary/aromatic N) is 2. The molecule has 31 heavy (non-hydrogen) atoms. The molecule has 4 aromatic carbocycles. The van der Waals surface area contributed by atoms with Crippen molar-refractivity contribution in [3.63, 3.8) is 0 Å². The van der Waals surface area contributed by atoms with Crippen molar-refractivity contribution in [1.82, 2.24) is 4.98 Å². The molecule has 6 aromatic rings. The molecule has 0 saturated carbocycles. The first-order valence-corrected chi connectivity index (χ1v) is 10.1. The molecule has 3 heteroatoms. The van der Waals surface area contributed by atoms with Crippen LogP contribution in [0, 0.1) is 11.3 Å². The van der Waals surface area contributed by atoms with Gasteiger partial charge >= 0.3 is 0 Å². The van der Waals surface area contributed by atoms with Crippen molar-refractivity contribution in [3.8, 4) is 28.3 Å². The summed E-state index contributed by atoms with van der Waals surface area (Å²) in [7, 11) is 0. The maximum absolute atomic E-state index is 9.08. The summed E-state index contributed by atoms with van der Waals surface area (Å²) in [5.74, 6) is 0. The summed E-state index contributed by atoms with van der Waals surface area (Å²) in [6.45, 7) is 0. The van der Waals surface area contributed by atoms with E-state index in [2.05, 4.69) is 89.9 Å². The Morgan fingerprint density at radius 3 is 2.19 bits per heavy atom. The molecule has 3 nitrogen and oxygen atoms in total. The first-order chi connectivity index (χ1) is 15.3. The molecular formula is C28H16N2O. The molecule has 144 valence electrons. The maximum Gasteiger partial charge on any atom is 0.141 e. The van der Waals surface area contributed by atoms with E-state index in [1.54, 1.807) is 12.3 Å². The third-order valence-electron chi connectivity index (χ3n) is 5.79. The first-order valence-electron chi connectivity index (χ1n) is 10.1. The Hall–Kier alpha value is -4.42. The lowest BCUT2D eigenvalue weighted by molar-refractivity contribution is 0.669. The third kappa shape index (κ3) is 2.86. The minimum absolute atomic E-state index is 0.421. The van der Waals surface area contributed by atoms with Gasteiger partial charge in [0.1, 0.15) is 22.9 Å². The summed E-state index contributed by atoms with van der Waals surface area (Å²) in [6, 6.07) is 33.1. The molecule has 0 aliphatic heterocycles. The molecule has 6 rings (SSSR count). The van der Waals surface area contributed by atoms with Crippen LogP contribution in [-0.2, 0) is 0 Å². The van der Waals surface area contributed by atoms with Crippen LogP contribution < -0.4 is 0 Å². The zero-order chi connectivity index (χ0) is 20.8. The summed E-state index contributed by atoms with van der Waals surface area (Å²) in [6.07, 6.45) is 1.67. The van der Waals surface area contributed by atoms with E-state index in [1.807, 2.05) is 6.07 Å². The number of rotatable bonds is 2. The largest absolute Gasteiger partial charge is 0.456 e. The number of hydrogen-bond acceptors (Lipinski definition) is 3. The van der Waals surface area contributed by atoms with Crippen LogP contribution in [0.3, 0.4) is 0 Å². The van der Waals surface area contributed by atoms with Crippen molar-refractivity contribution in [2.24, 2.45) is 0 Å². The number of benzene rings is 4. The lowest BCUT2D eigenvalue weighted by atomic mass is 9.99. The molecule has 0 bridgehead atoms. The minimum Gasteiger partial charge on any atom is -0.456 e. The molecule has 0 saturated heterocycles. The van der Waals surface area contributed by atoms with Gasteiger partial charge in [0.2, 0.25) is 0 Å². The summed E-state index contributed by atoms with van der Waals surface area (Å²) in [5, 5.41) is 13.8. The molecule has 0 aliphatic carbocycles. The number of pyridine rings is 1. The second-order valence-corrected chi connectivity index (χ2v) is 7.59. The topological polar surface area (TPSA) is 49.8 Å². The molecule has 0 atom stereocenters. The molecule has 2 heterocycles. The quantitative estimate of drug-likeness (QED) is 0.308. The highest BCUT2D eigenvalue weighted by atomic mass is 16.3. The molecule has 0 unspecified atom stereocenters. The van der Waals surface area contributed by atoms with Crippen LogP contribution in [0.4, 0.5) is 0 Å². The highest BCUT2D eigenvalue weighted by molar-refractivity contribution is 6.19. The van der Waals surface area contributed by atoms with Gasteiger partial charge in [-0.05, 0) is 63.4 Å². The average molecular weight is 396 g/mol. The standard InChI is InChI=1S/C28H16N2O/c29-17-23-15-22(13-14-30-23)19-7-5-18(6-8-19)21-9-11-25-27(16-21)31-26-12-10-20-3-1-2-4-24(20)28(25)26/h1-16H. The van der Waals surface area contributed by atoms with Crippen LogP contribution in [-0.4, -0.2) is 4.98 Å². The predicted molar refractivity (Wildman–Crippen MR) is 125 cm³/mol. The normalized spacial score (nSPS) is 11.2. The van der Waals surface area contributed by atoms with E-state index in [4.69, 9.17) is 9.68 Å². The molecular weight excluding hydrogens is 380 g/mol. The van der Waals surface area contributed by atoms with Gasteiger partial charge in [0.05, 0.1) is 0 Å². The molecule has 2 aromatic heterocycles. The van der Waals surface area contributed by atoms with Gasteiger partial charge in [-0.2, -0.15) is 5.26 Å². The van der Waals surface area contributed by atoms with Gasteiger partial charge in [-0.1, -0.05) is 60.7 Å². The summed E-state index contributed by atoms with van der Waals surface area (Å²) >= 11 is 0. The minimum atomic E-state index is 0.421. The molecule has 0 fully saturated rings. The number of furan rings is 1. The van der Waals surface area contributed by atoms with Gasteiger partial charge in [-0.25, -0.2) is 4.98 Å². The molecule has 0 amide bonds. The smallest absolute Gasteiger partial charge is 0.141 e. The van der Waals surface area contributed by atoms with E-state index >= 15 is 0 Å². The monoisotopic (exact) mass is 396 g/mol. The highest BCUT2D eigenvalue weighted by Gasteiger charge is 2.11. The van der Waals surface area contributed by atoms with Crippen LogP contribution in [0.25, 0.3) is 55.0 Å². The zero-order valence-electron chi connectivity index (χ0n) is 16.5. The number of hydrogen-bond donors (Lipinski definition) is 0. The summed E-state index contributed by atoms with van der Waals surface area (Å²) in [4.78, 5) is 4.04. The third-order valence-corrected chi connectivity index (χ3v) is 5.79. The van der Waals surface area contributed by atoms with Gasteiger partial charge < -0.3 is 4.42 Å². The van der Waals surface area contributed by atoms with Gasteiger partial charge in [0, 0.05) is 17.0 Å². The van der Waals surface area contributed by atoms with Crippen molar-refractivity contribution < 1.29 is 4.42 Å². The van der Waals surface area contributed by atoms with Gasteiger partial charge in [-0.15, -0.1) is 0 Å². The van der Waals surface area contributed by atoms with Crippen molar-refractivity contribution in [1.29, 1.82) is 5.26 Å². The number of fused-ring (bicyclic) bond motifs is 5. The van der Waals surface area contributed by atoms with Crippen molar-refractivity contribution in [3.05, 3.63) is 103 Å². The van der Waals surface area contributed by atoms with Crippen LogP contribution in [0.1, 0.15) is 5.69 Å². The first kappa shape index (κ1) is 17.4. The zero-order valence-corrected chi connectivity index (χ0v) is 16.5. The van der Waals surface area contributed by atoms with Gasteiger partial charge in [-0.3, -0.25) is 0 Å². The number of aromatic nitrogens is 1. The van der Waals surface area contributed by atoms with Crippen LogP contribution >= 0.6 is 0 Å². The van der Waals surface area contributed by atoms with Crippen LogP contribution in [0.15, 0.2) is 102 Å². The lowest BCUT2D eigenvalue weighted by Gasteiger charge is -2.05. The van der Waals surface area contributed by atoms with E-state index in [0.717, 1.165) is 38.8 Å². The van der Waals surface area contributed by atoms with E-state index in [1.165, 1.54) is 16.2 Å². The van der Waals surface area contributed by atoms with Crippen LogP contribution in [0.2, 0.25) is 0 Å². The second kappa shape index (κ2) is 6.83. The summed E-state index contributed by atoms with van der Waals surface area (Å²) in [5.41, 5.74) is 6.48. The van der Waals surface area contributed by atoms with E-state index < -0.39 is 0 Å². The molecule has 0 aliphatic rings. The van der Waals surface area contributed by atoms with E-state index in [-0.39, 0.29) is 0 Å². The Morgan fingerprint density at radius 1 is 0.645 bits per heavy atom. The fourth-order valence-electron chi connectivity index (χ4n) is 4.25. The van der Waals surface area contributed by atoms with Crippen molar-refractivity contribution in [2.45, 2.75) is 0 Å². The Kier molecular flexibility index (Phi) is 3.84. The molecule has 0 N–H and O–H groups in total. The van der Waals surface area contributed by atoms with Gasteiger partial charge in [0.15, 0.2) is 0 Å².